The summed E-state index contributed by atoms with van der Waals surface area (Å²) in [5, 5.41) is 11.5. The quantitative estimate of drug-likeness (QED) is 0.774. The van der Waals surface area contributed by atoms with Gasteiger partial charge in [-0.2, -0.15) is 0 Å². The van der Waals surface area contributed by atoms with Crippen molar-refractivity contribution < 1.29 is 19.4 Å². The third kappa shape index (κ3) is 6.16. The topological polar surface area (TPSA) is 75.6 Å². The fourth-order valence-electron chi connectivity index (χ4n) is 2.43. The van der Waals surface area contributed by atoms with Gasteiger partial charge in [-0.3, -0.25) is 4.79 Å². The minimum Gasteiger partial charge on any atom is -0.482 e. The van der Waals surface area contributed by atoms with Crippen molar-refractivity contribution >= 4 is 11.9 Å². The monoisotopic (exact) mass is 307 g/mol. The maximum atomic E-state index is 12.3. The van der Waals surface area contributed by atoms with Gasteiger partial charge in [0.1, 0.15) is 5.75 Å². The lowest BCUT2D eigenvalue weighted by Crippen LogP contribution is -2.37. The summed E-state index contributed by atoms with van der Waals surface area (Å²) in [6, 6.07) is 7.07. The second kappa shape index (κ2) is 7.82. The molecular weight excluding hydrogens is 282 g/mol. The fraction of sp³-hybridized carbons (Fsp3) is 0.529. The molecule has 0 saturated heterocycles. The number of nitrogens with one attached hydrogen (secondary N) is 1. The van der Waals surface area contributed by atoms with E-state index in [4.69, 9.17) is 9.84 Å². The number of carboxylic acid groups (broad SMARTS) is 1. The Hall–Kier alpha value is -2.04. The number of rotatable bonds is 8. The first kappa shape index (κ1) is 18.0. The van der Waals surface area contributed by atoms with Gasteiger partial charge in [0.15, 0.2) is 6.61 Å². The van der Waals surface area contributed by atoms with Crippen molar-refractivity contribution in [3.05, 3.63) is 29.8 Å². The molecule has 0 aliphatic carbocycles. The molecule has 0 bridgehead atoms. The van der Waals surface area contributed by atoms with Crippen LogP contribution in [0.4, 0.5) is 0 Å². The standard InChI is InChI=1S/C17H25NO4/c1-12(2)9-17(3,4)16(21)18-10-13-6-5-7-14(8-13)22-11-15(19)20/h5-8,12H,9-11H2,1-4H3,(H,18,21)(H,19,20). The molecule has 5 nitrogen and oxygen atoms in total. The van der Waals surface area contributed by atoms with Crippen LogP contribution in [0, 0.1) is 11.3 Å². The lowest BCUT2D eigenvalue weighted by Gasteiger charge is -2.25. The highest BCUT2D eigenvalue weighted by Crippen LogP contribution is 2.25. The Morgan fingerprint density at radius 1 is 1.32 bits per heavy atom. The summed E-state index contributed by atoms with van der Waals surface area (Å²) in [6.45, 7) is 8.09. The van der Waals surface area contributed by atoms with Gasteiger partial charge in [-0.25, -0.2) is 4.79 Å². The Bertz CT molecular complexity index is 523. The molecule has 0 atom stereocenters. The van der Waals surface area contributed by atoms with E-state index in [1.54, 1.807) is 18.2 Å². The highest BCUT2D eigenvalue weighted by Gasteiger charge is 2.28. The van der Waals surface area contributed by atoms with Crippen molar-refractivity contribution in [3.63, 3.8) is 0 Å². The number of carbonyl (C=O) groups excluding carboxylic acids is 1. The summed E-state index contributed by atoms with van der Waals surface area (Å²) in [7, 11) is 0. The lowest BCUT2D eigenvalue weighted by molar-refractivity contribution is -0.139. The average Bonchev–Trinajstić information content (AvgIpc) is 2.41. The highest BCUT2D eigenvalue weighted by molar-refractivity contribution is 5.81. The summed E-state index contributed by atoms with van der Waals surface area (Å²) >= 11 is 0. The number of carbonyl (C=O) groups is 2. The van der Waals surface area contributed by atoms with Crippen molar-refractivity contribution in [2.45, 2.75) is 40.7 Å². The Labute approximate surface area is 131 Å². The largest absolute Gasteiger partial charge is 0.482 e. The number of benzene rings is 1. The summed E-state index contributed by atoms with van der Waals surface area (Å²) in [5.41, 5.74) is 0.461. The van der Waals surface area contributed by atoms with E-state index in [1.807, 2.05) is 19.9 Å². The molecule has 0 spiro atoms. The predicted octanol–water partition coefficient (Wildman–Crippen LogP) is 2.84. The van der Waals surface area contributed by atoms with E-state index in [-0.39, 0.29) is 12.5 Å². The van der Waals surface area contributed by atoms with Crippen molar-refractivity contribution in [1.82, 2.24) is 5.32 Å². The van der Waals surface area contributed by atoms with Gasteiger partial charge < -0.3 is 15.2 Å². The smallest absolute Gasteiger partial charge is 0.341 e. The van der Waals surface area contributed by atoms with Crippen LogP contribution in [-0.2, 0) is 16.1 Å². The Morgan fingerprint density at radius 2 is 2.00 bits per heavy atom. The Morgan fingerprint density at radius 3 is 2.59 bits per heavy atom. The first-order valence-electron chi connectivity index (χ1n) is 7.42. The molecule has 1 aromatic rings. The number of amides is 1. The van der Waals surface area contributed by atoms with Crippen LogP contribution >= 0.6 is 0 Å². The van der Waals surface area contributed by atoms with Crippen molar-refractivity contribution in [3.8, 4) is 5.75 Å². The highest BCUT2D eigenvalue weighted by atomic mass is 16.5. The van der Waals surface area contributed by atoms with Gasteiger partial charge in [0, 0.05) is 12.0 Å². The predicted molar refractivity (Wildman–Crippen MR) is 84.7 cm³/mol. The molecule has 1 rings (SSSR count). The zero-order valence-corrected chi connectivity index (χ0v) is 13.7. The summed E-state index contributed by atoms with van der Waals surface area (Å²) < 4.78 is 5.12. The van der Waals surface area contributed by atoms with Crippen LogP contribution in [-0.4, -0.2) is 23.6 Å². The minimum atomic E-state index is -1.02. The number of aliphatic carboxylic acids is 1. The molecule has 0 aliphatic heterocycles. The Kier molecular flexibility index (Phi) is 6.40. The second-order valence-corrected chi connectivity index (χ2v) is 6.49. The van der Waals surface area contributed by atoms with Crippen molar-refractivity contribution in [2.24, 2.45) is 11.3 Å². The molecule has 0 saturated carbocycles. The summed E-state index contributed by atoms with van der Waals surface area (Å²) in [5.74, 6) is -0.0729. The zero-order chi connectivity index (χ0) is 16.8. The third-order valence-corrected chi connectivity index (χ3v) is 3.25. The summed E-state index contributed by atoms with van der Waals surface area (Å²) in [4.78, 5) is 22.7. The van der Waals surface area contributed by atoms with E-state index < -0.39 is 11.4 Å². The van der Waals surface area contributed by atoms with E-state index in [0.717, 1.165) is 12.0 Å². The molecule has 0 fully saturated rings. The third-order valence-electron chi connectivity index (χ3n) is 3.25. The zero-order valence-electron chi connectivity index (χ0n) is 13.7. The second-order valence-electron chi connectivity index (χ2n) is 6.49. The Balaban J connectivity index is 2.59. The molecule has 1 aromatic carbocycles. The molecule has 0 heterocycles. The van der Waals surface area contributed by atoms with Crippen LogP contribution in [0.3, 0.4) is 0 Å². The lowest BCUT2D eigenvalue weighted by atomic mass is 9.83. The first-order chi connectivity index (χ1) is 10.2. The number of hydrogen-bond donors (Lipinski definition) is 2. The SMILES string of the molecule is CC(C)CC(C)(C)C(=O)NCc1cccc(OCC(=O)O)c1. The van der Waals surface area contributed by atoms with Crippen LogP contribution in [0.15, 0.2) is 24.3 Å². The molecule has 1 amide bonds. The van der Waals surface area contributed by atoms with E-state index >= 15 is 0 Å². The van der Waals surface area contributed by atoms with Crippen LogP contribution in [0.5, 0.6) is 5.75 Å². The van der Waals surface area contributed by atoms with Gasteiger partial charge in [-0.1, -0.05) is 39.8 Å². The molecular formula is C17H25NO4. The maximum absolute atomic E-state index is 12.3. The first-order valence-corrected chi connectivity index (χ1v) is 7.42. The maximum Gasteiger partial charge on any atom is 0.341 e. The molecule has 0 aromatic heterocycles. The molecule has 0 aliphatic rings. The fourth-order valence-corrected chi connectivity index (χ4v) is 2.43. The van der Waals surface area contributed by atoms with Crippen LogP contribution in [0.2, 0.25) is 0 Å². The van der Waals surface area contributed by atoms with Crippen LogP contribution in [0.25, 0.3) is 0 Å². The molecule has 122 valence electrons. The van der Waals surface area contributed by atoms with Crippen LogP contribution in [0.1, 0.15) is 39.7 Å². The van der Waals surface area contributed by atoms with Gasteiger partial charge in [-0.15, -0.1) is 0 Å². The van der Waals surface area contributed by atoms with Crippen molar-refractivity contribution in [1.29, 1.82) is 0 Å². The molecule has 0 radical (unpaired) electrons. The van der Waals surface area contributed by atoms with E-state index in [0.29, 0.717) is 18.2 Å². The molecule has 5 heteroatoms. The number of hydrogen-bond acceptors (Lipinski definition) is 3. The van der Waals surface area contributed by atoms with Gasteiger partial charge in [0.05, 0.1) is 0 Å². The van der Waals surface area contributed by atoms with E-state index in [9.17, 15) is 9.59 Å². The molecule has 22 heavy (non-hydrogen) atoms. The van der Waals surface area contributed by atoms with Gasteiger partial charge >= 0.3 is 5.97 Å². The minimum absolute atomic E-state index is 0.0121. The van der Waals surface area contributed by atoms with Crippen molar-refractivity contribution in [2.75, 3.05) is 6.61 Å². The summed E-state index contributed by atoms with van der Waals surface area (Å²) in [6.07, 6.45) is 0.820. The van der Waals surface area contributed by atoms with E-state index in [2.05, 4.69) is 19.2 Å². The average molecular weight is 307 g/mol. The molecule has 2 N–H and O–H groups in total. The van der Waals surface area contributed by atoms with E-state index in [1.165, 1.54) is 0 Å². The van der Waals surface area contributed by atoms with Gasteiger partial charge in [-0.05, 0) is 30.0 Å². The number of ether oxygens (including phenoxy) is 1. The molecule has 0 unspecified atom stereocenters. The van der Waals surface area contributed by atoms with Gasteiger partial charge in [0.2, 0.25) is 5.91 Å². The van der Waals surface area contributed by atoms with Gasteiger partial charge in [0.25, 0.3) is 0 Å². The normalized spacial score (nSPS) is 11.3. The van der Waals surface area contributed by atoms with Crippen LogP contribution < -0.4 is 10.1 Å². The number of carboxylic acids is 1.